The lowest BCUT2D eigenvalue weighted by Crippen LogP contribution is -2.37. The van der Waals surface area contributed by atoms with Crippen LogP contribution in [-0.2, 0) is 0 Å². The Labute approximate surface area is 129 Å². The largest absolute Gasteiger partial charge is 0.396 e. The van der Waals surface area contributed by atoms with Crippen molar-refractivity contribution in [1.29, 1.82) is 0 Å². The van der Waals surface area contributed by atoms with Crippen LogP contribution in [0, 0.1) is 5.92 Å². The van der Waals surface area contributed by atoms with Crippen molar-refractivity contribution in [2.75, 3.05) is 32.8 Å². The van der Waals surface area contributed by atoms with Crippen LogP contribution in [0.5, 0.6) is 0 Å². The van der Waals surface area contributed by atoms with E-state index in [0.29, 0.717) is 18.6 Å². The minimum absolute atomic E-state index is 0.360. The highest BCUT2D eigenvalue weighted by atomic mass is 16.3. The van der Waals surface area contributed by atoms with Crippen LogP contribution in [0.15, 0.2) is 30.3 Å². The Kier molecular flexibility index (Phi) is 7.20. The van der Waals surface area contributed by atoms with E-state index in [4.69, 9.17) is 0 Å². The number of rotatable bonds is 8. The summed E-state index contributed by atoms with van der Waals surface area (Å²) in [7, 11) is 0. The molecule has 0 saturated carbocycles. The monoisotopic (exact) mass is 290 g/mol. The molecule has 1 aromatic carbocycles. The highest BCUT2D eigenvalue weighted by molar-refractivity contribution is 5.18. The van der Waals surface area contributed by atoms with E-state index in [1.807, 2.05) is 0 Å². The molecule has 1 aliphatic heterocycles. The van der Waals surface area contributed by atoms with Crippen molar-refractivity contribution in [3.8, 4) is 0 Å². The minimum atomic E-state index is 0.360. The number of hydrogen-bond acceptors (Lipinski definition) is 3. The van der Waals surface area contributed by atoms with E-state index >= 15 is 0 Å². The van der Waals surface area contributed by atoms with Gasteiger partial charge in [-0.3, -0.25) is 0 Å². The lowest BCUT2D eigenvalue weighted by molar-refractivity contribution is 0.128. The molecule has 0 radical (unpaired) electrons. The molecule has 0 bridgehead atoms. The summed E-state index contributed by atoms with van der Waals surface area (Å²) < 4.78 is 0. The van der Waals surface area contributed by atoms with E-state index in [0.717, 1.165) is 45.4 Å². The van der Waals surface area contributed by atoms with Gasteiger partial charge in [-0.2, -0.15) is 0 Å². The van der Waals surface area contributed by atoms with Crippen LogP contribution in [0.4, 0.5) is 0 Å². The first kappa shape index (κ1) is 16.5. The zero-order chi connectivity index (χ0) is 14.9. The van der Waals surface area contributed by atoms with Gasteiger partial charge < -0.3 is 15.3 Å². The zero-order valence-corrected chi connectivity index (χ0v) is 13.3. The highest BCUT2D eigenvalue weighted by Crippen LogP contribution is 2.20. The average Bonchev–Trinajstić information content (AvgIpc) is 2.56. The molecule has 0 aromatic heterocycles. The van der Waals surface area contributed by atoms with E-state index in [-0.39, 0.29) is 0 Å². The van der Waals surface area contributed by atoms with E-state index in [1.165, 1.54) is 12.0 Å². The summed E-state index contributed by atoms with van der Waals surface area (Å²) in [6.45, 7) is 7.08. The molecule has 1 atom stereocenters. The van der Waals surface area contributed by atoms with Crippen LogP contribution < -0.4 is 5.32 Å². The number of hydrogen-bond donors (Lipinski definition) is 2. The Hall–Kier alpha value is -0.900. The maximum absolute atomic E-state index is 9.21. The summed E-state index contributed by atoms with van der Waals surface area (Å²) in [4.78, 5) is 2.55. The summed E-state index contributed by atoms with van der Waals surface area (Å²) in [5, 5.41) is 12.9. The summed E-state index contributed by atoms with van der Waals surface area (Å²) in [6.07, 6.45) is 4.63. The predicted molar refractivity (Wildman–Crippen MR) is 88.3 cm³/mol. The van der Waals surface area contributed by atoms with Gasteiger partial charge in [-0.15, -0.1) is 0 Å². The number of aliphatic hydroxyl groups excluding tert-OH is 1. The van der Waals surface area contributed by atoms with Crippen molar-refractivity contribution < 1.29 is 5.11 Å². The molecular weight excluding hydrogens is 260 g/mol. The summed E-state index contributed by atoms with van der Waals surface area (Å²) in [5.74, 6) is 0.532. The maximum atomic E-state index is 9.21. The van der Waals surface area contributed by atoms with Crippen molar-refractivity contribution in [1.82, 2.24) is 10.2 Å². The lowest BCUT2D eigenvalue weighted by atomic mass is 9.97. The van der Waals surface area contributed by atoms with Crippen molar-refractivity contribution in [3.05, 3.63) is 35.9 Å². The first-order valence-corrected chi connectivity index (χ1v) is 8.45. The van der Waals surface area contributed by atoms with Crippen LogP contribution >= 0.6 is 0 Å². The van der Waals surface area contributed by atoms with Crippen LogP contribution in [0.3, 0.4) is 0 Å². The van der Waals surface area contributed by atoms with Gasteiger partial charge >= 0.3 is 0 Å². The third kappa shape index (κ3) is 5.42. The van der Waals surface area contributed by atoms with Gasteiger partial charge in [-0.05, 0) is 63.3 Å². The molecule has 1 aliphatic rings. The Balaban J connectivity index is 1.82. The molecule has 3 nitrogen and oxygen atoms in total. The Morgan fingerprint density at radius 2 is 1.95 bits per heavy atom. The molecule has 2 rings (SSSR count). The molecule has 1 unspecified atom stereocenters. The number of benzene rings is 1. The van der Waals surface area contributed by atoms with Gasteiger partial charge in [-0.25, -0.2) is 0 Å². The second kappa shape index (κ2) is 9.19. The molecule has 3 heteroatoms. The molecule has 118 valence electrons. The van der Waals surface area contributed by atoms with Crippen molar-refractivity contribution >= 4 is 0 Å². The van der Waals surface area contributed by atoms with Crippen molar-refractivity contribution in [2.24, 2.45) is 5.92 Å². The second-order valence-electron chi connectivity index (χ2n) is 6.17. The van der Waals surface area contributed by atoms with Crippen LogP contribution in [0.25, 0.3) is 0 Å². The normalized spacial score (nSPS) is 18.8. The van der Waals surface area contributed by atoms with Gasteiger partial charge in [-0.1, -0.05) is 37.3 Å². The smallest absolute Gasteiger partial charge is 0.0460 e. The summed E-state index contributed by atoms with van der Waals surface area (Å²) >= 11 is 0. The fourth-order valence-electron chi connectivity index (χ4n) is 3.09. The van der Waals surface area contributed by atoms with Gasteiger partial charge in [0.1, 0.15) is 0 Å². The molecule has 21 heavy (non-hydrogen) atoms. The van der Waals surface area contributed by atoms with Gasteiger partial charge in [0.05, 0.1) is 0 Å². The highest BCUT2D eigenvalue weighted by Gasteiger charge is 2.19. The zero-order valence-electron chi connectivity index (χ0n) is 13.3. The van der Waals surface area contributed by atoms with Crippen LogP contribution in [-0.4, -0.2) is 42.8 Å². The van der Waals surface area contributed by atoms with Gasteiger partial charge in [0.2, 0.25) is 0 Å². The fourth-order valence-corrected chi connectivity index (χ4v) is 3.09. The fraction of sp³-hybridized carbons (Fsp3) is 0.667. The van der Waals surface area contributed by atoms with Gasteiger partial charge in [0.15, 0.2) is 0 Å². The van der Waals surface area contributed by atoms with E-state index in [9.17, 15) is 5.11 Å². The number of piperidine rings is 1. The third-order valence-electron chi connectivity index (χ3n) is 4.54. The van der Waals surface area contributed by atoms with Gasteiger partial charge in [0, 0.05) is 12.6 Å². The minimum Gasteiger partial charge on any atom is -0.396 e. The number of nitrogens with one attached hydrogen (secondary N) is 1. The number of aliphatic hydroxyl groups is 1. The SMILES string of the molecule is CCCNC(CCN1CCC(CO)CC1)c1ccccc1. The maximum Gasteiger partial charge on any atom is 0.0460 e. The molecule has 0 amide bonds. The topological polar surface area (TPSA) is 35.5 Å². The van der Waals surface area contributed by atoms with Crippen molar-refractivity contribution in [2.45, 2.75) is 38.6 Å². The molecule has 0 spiro atoms. The quantitative estimate of drug-likeness (QED) is 0.773. The molecule has 0 aliphatic carbocycles. The molecule has 1 saturated heterocycles. The van der Waals surface area contributed by atoms with Crippen LogP contribution in [0.2, 0.25) is 0 Å². The second-order valence-corrected chi connectivity index (χ2v) is 6.17. The molecular formula is C18H30N2O. The molecule has 1 fully saturated rings. The first-order chi connectivity index (χ1) is 10.3. The predicted octanol–water partition coefficient (Wildman–Crippen LogP) is 2.82. The van der Waals surface area contributed by atoms with Gasteiger partial charge in [0.25, 0.3) is 0 Å². The summed E-state index contributed by atoms with van der Waals surface area (Å²) in [6, 6.07) is 11.3. The van der Waals surface area contributed by atoms with Crippen LogP contribution in [0.1, 0.15) is 44.2 Å². The Morgan fingerprint density at radius 3 is 2.57 bits per heavy atom. The third-order valence-corrected chi connectivity index (χ3v) is 4.54. The Bertz CT molecular complexity index is 374. The van der Waals surface area contributed by atoms with E-state index in [2.05, 4.69) is 47.5 Å². The van der Waals surface area contributed by atoms with Crippen molar-refractivity contribution in [3.63, 3.8) is 0 Å². The molecule has 1 aromatic rings. The Morgan fingerprint density at radius 1 is 1.24 bits per heavy atom. The lowest BCUT2D eigenvalue weighted by Gasteiger charge is -2.32. The average molecular weight is 290 g/mol. The standard InChI is InChI=1S/C18H30N2O/c1-2-11-19-18(17-6-4-3-5-7-17)10-14-20-12-8-16(15-21)9-13-20/h3-7,16,18-19,21H,2,8-15H2,1H3. The summed E-state index contributed by atoms with van der Waals surface area (Å²) in [5.41, 5.74) is 1.40. The molecule has 1 heterocycles. The molecule has 2 N–H and O–H groups in total. The van der Waals surface area contributed by atoms with E-state index in [1.54, 1.807) is 0 Å². The number of likely N-dealkylation sites (tertiary alicyclic amines) is 1. The number of nitrogens with zero attached hydrogens (tertiary/aromatic N) is 1. The van der Waals surface area contributed by atoms with E-state index < -0.39 is 0 Å². The first-order valence-electron chi connectivity index (χ1n) is 8.45.